The summed E-state index contributed by atoms with van der Waals surface area (Å²) in [5.41, 5.74) is 14.2. The van der Waals surface area contributed by atoms with Gasteiger partial charge in [-0.2, -0.15) is 0 Å². The maximum absolute atomic E-state index is 4.88. The predicted molar refractivity (Wildman–Crippen MR) is 394 cm³/mol. The van der Waals surface area contributed by atoms with Crippen LogP contribution >= 0.6 is 0 Å². The van der Waals surface area contributed by atoms with Crippen molar-refractivity contribution in [1.82, 2.24) is 79.7 Å². The quantitative estimate of drug-likeness (QED) is 0.104. The van der Waals surface area contributed by atoms with E-state index in [1.54, 1.807) is 49.6 Å². The van der Waals surface area contributed by atoms with Gasteiger partial charge in [-0.15, -0.1) is 0 Å². The Hall–Kier alpha value is -14.4. The maximum atomic E-state index is 4.88. The molecule has 0 spiro atoms. The third-order valence-corrected chi connectivity index (χ3v) is 18.6. The van der Waals surface area contributed by atoms with Crippen molar-refractivity contribution < 1.29 is 0 Å². The second-order valence-electron chi connectivity index (χ2n) is 23.9. The van der Waals surface area contributed by atoms with Gasteiger partial charge in [0.1, 0.15) is 0 Å². The van der Waals surface area contributed by atoms with E-state index in [1.807, 2.05) is 98.1 Å². The minimum absolute atomic E-state index is 0.567. The fourth-order valence-corrected chi connectivity index (χ4v) is 14.5. The number of pyridine rings is 16. The van der Waals surface area contributed by atoms with Crippen LogP contribution in [0.4, 0.5) is 68.2 Å². The zero-order valence-corrected chi connectivity index (χ0v) is 52.5. The Morgan fingerprint density at radius 2 is 0.290 bits per heavy atom. The fourth-order valence-electron chi connectivity index (χ4n) is 14.5. The van der Waals surface area contributed by atoms with Crippen LogP contribution in [0.5, 0.6) is 0 Å². The van der Waals surface area contributed by atoms with Crippen LogP contribution in [0.15, 0.2) is 281 Å². The zero-order valence-electron chi connectivity index (χ0n) is 52.5. The molecule has 16 heterocycles. The molecule has 0 radical (unpaired) electrons. The van der Waals surface area contributed by atoms with Crippen molar-refractivity contribution in [3.05, 3.63) is 281 Å². The van der Waals surface area contributed by atoms with E-state index < -0.39 is 0 Å². The molecular weight excluding hydrogens is 1240 g/mol. The van der Waals surface area contributed by atoms with E-state index in [1.165, 1.54) is 0 Å². The predicted octanol–water partition coefficient (Wildman–Crippen LogP) is 18.0. The highest BCUT2D eigenvalue weighted by molar-refractivity contribution is 6.34. The van der Waals surface area contributed by atoms with E-state index in [9.17, 15) is 0 Å². The molecule has 466 valence electrons. The summed E-state index contributed by atoms with van der Waals surface area (Å²) in [5, 5.41) is 11.9. The van der Waals surface area contributed by atoms with Crippen molar-refractivity contribution >= 4 is 189 Å². The molecule has 20 heteroatoms. The van der Waals surface area contributed by atoms with Crippen LogP contribution in [0.25, 0.3) is 121 Å². The molecule has 20 nitrogen and oxygen atoms in total. The Balaban J connectivity index is 1.03. The number of anilines is 12. The molecule has 0 aliphatic carbocycles. The molecule has 0 unspecified atom stereocenters. The van der Waals surface area contributed by atoms with Crippen LogP contribution in [-0.2, 0) is 0 Å². The Kier molecular flexibility index (Phi) is 12.7. The lowest BCUT2D eigenvalue weighted by atomic mass is 9.88. The Bertz CT molecular complexity index is 5560. The second kappa shape index (κ2) is 22.6. The molecule has 0 atom stereocenters. The molecule has 0 saturated heterocycles. The van der Waals surface area contributed by atoms with Crippen LogP contribution in [0.1, 0.15) is 0 Å². The van der Waals surface area contributed by atoms with E-state index >= 15 is 0 Å². The Labute approximate surface area is 566 Å². The molecule has 0 amide bonds. The molecule has 16 aromatic heterocycles. The molecule has 0 aliphatic rings. The molecule has 0 saturated carbocycles. The lowest BCUT2D eigenvalue weighted by Gasteiger charge is -2.35. The Morgan fingerprint density at radius 3 is 0.450 bits per heavy atom. The molecule has 100 heavy (non-hydrogen) atoms. The highest BCUT2D eigenvalue weighted by Gasteiger charge is 2.33. The standard InChI is InChI=1S/C80H46N20/c1-9-51-59(21-37-89-73(51)81-29-1)97(60-22-38-90-74-52(60)10-2-30-82-74)67-45-68(98(61-23-39-91-75-53(61)11-3-31-83-75)62-24-40-92-76-54(62)12-4-32-84-76)48-19-20-50-70(100(65-27-43-95-79-57(65)15-7-35-87-79)66-28-44-96-80-58(66)16-8-36-88-80)46-69(49-18-17-47(67)71(48)72(49)50)99(63-25-41-93-77-55(63)13-5-33-85-77)64-26-42-94-78-56(64)14-6-34-86-78/h1-46H. The SMILES string of the molecule is c1cnc2nccc(N(c3ccnc4ncccc34)c3cc(N(c4ccnc5ncccc45)c4ccnc5ncccc45)c4ccc5c(N(c6ccnc7ncccc67)c6ccnc7ncccc67)cc(N(c6ccnc7ncccc67)c6ccnc7ncccc67)c6ccc3c4c65)c2c1. The van der Waals surface area contributed by atoms with Crippen LogP contribution in [0.2, 0.25) is 0 Å². The number of hydrogen-bond acceptors (Lipinski definition) is 20. The third kappa shape index (κ3) is 8.73. The van der Waals surface area contributed by atoms with E-state index in [0.717, 1.165) is 144 Å². The second-order valence-corrected chi connectivity index (χ2v) is 23.9. The molecule has 0 fully saturated rings. The van der Waals surface area contributed by atoms with Gasteiger partial charge < -0.3 is 19.6 Å². The number of hydrogen-bond donors (Lipinski definition) is 0. The van der Waals surface area contributed by atoms with Gasteiger partial charge in [-0.3, -0.25) is 0 Å². The largest absolute Gasteiger partial charge is 0.308 e. The van der Waals surface area contributed by atoms with Crippen LogP contribution in [0.3, 0.4) is 0 Å². The first kappa shape index (κ1) is 56.0. The van der Waals surface area contributed by atoms with Crippen molar-refractivity contribution in [1.29, 1.82) is 0 Å². The Morgan fingerprint density at radius 1 is 0.140 bits per heavy atom. The van der Waals surface area contributed by atoms with Gasteiger partial charge in [-0.05, 0) is 158 Å². The first-order chi connectivity index (χ1) is 49.7. The zero-order chi connectivity index (χ0) is 65.8. The summed E-state index contributed by atoms with van der Waals surface area (Å²) in [6.07, 6.45) is 28.8. The smallest absolute Gasteiger partial charge is 0.161 e. The highest BCUT2D eigenvalue weighted by atomic mass is 15.2. The average molecular weight is 1290 g/mol. The van der Waals surface area contributed by atoms with E-state index in [2.05, 4.69) is 153 Å². The molecule has 4 aromatic carbocycles. The van der Waals surface area contributed by atoms with E-state index in [-0.39, 0.29) is 0 Å². The van der Waals surface area contributed by atoms with Gasteiger partial charge in [-0.1, -0.05) is 24.3 Å². The van der Waals surface area contributed by atoms with Crippen LogP contribution < -0.4 is 19.6 Å². The molecule has 0 aliphatic heterocycles. The van der Waals surface area contributed by atoms with E-state index in [4.69, 9.17) is 79.7 Å². The van der Waals surface area contributed by atoms with Gasteiger partial charge in [0.2, 0.25) is 0 Å². The summed E-state index contributed by atoms with van der Waals surface area (Å²) in [4.78, 5) is 87.3. The van der Waals surface area contributed by atoms with Gasteiger partial charge in [0.25, 0.3) is 0 Å². The van der Waals surface area contributed by atoms with Crippen LogP contribution in [0, 0.1) is 0 Å². The minimum atomic E-state index is 0.567. The van der Waals surface area contributed by atoms with Gasteiger partial charge in [0.15, 0.2) is 45.2 Å². The molecule has 20 aromatic rings. The minimum Gasteiger partial charge on any atom is -0.308 e. The third-order valence-electron chi connectivity index (χ3n) is 18.6. The van der Waals surface area contributed by atoms with Crippen LogP contribution in [-0.4, -0.2) is 79.7 Å². The maximum Gasteiger partial charge on any atom is 0.161 e. The number of benzene rings is 4. The van der Waals surface area contributed by atoms with Gasteiger partial charge >= 0.3 is 0 Å². The summed E-state index contributed by atoms with van der Waals surface area (Å²) >= 11 is 0. The normalized spacial score (nSPS) is 11.8. The van der Waals surface area contributed by atoms with Crippen molar-refractivity contribution in [2.45, 2.75) is 0 Å². The fraction of sp³-hybridized carbons (Fsp3) is 0. The first-order valence-electron chi connectivity index (χ1n) is 32.2. The van der Waals surface area contributed by atoms with Gasteiger partial charge in [-0.25, -0.2) is 79.7 Å². The van der Waals surface area contributed by atoms with Crippen molar-refractivity contribution in [2.24, 2.45) is 0 Å². The number of fused-ring (bicyclic) bond motifs is 8. The van der Waals surface area contributed by atoms with Crippen molar-refractivity contribution in [3.63, 3.8) is 0 Å². The van der Waals surface area contributed by atoms with Crippen molar-refractivity contribution in [3.8, 4) is 0 Å². The monoisotopic (exact) mass is 1290 g/mol. The summed E-state index contributed by atoms with van der Waals surface area (Å²) in [5.74, 6) is 0. The lowest BCUT2D eigenvalue weighted by molar-refractivity contribution is 1.22. The van der Waals surface area contributed by atoms with E-state index in [0.29, 0.717) is 45.2 Å². The number of rotatable bonds is 12. The lowest BCUT2D eigenvalue weighted by Crippen LogP contribution is -2.17. The molecule has 20 rings (SSSR count). The molecule has 0 bridgehead atoms. The number of aromatic nitrogens is 16. The summed E-state index contributed by atoms with van der Waals surface area (Å²) in [6, 6.07) is 62.3. The highest BCUT2D eigenvalue weighted by Crippen LogP contribution is 2.57. The number of nitrogens with zero attached hydrogens (tertiary/aromatic N) is 20. The molecule has 0 N–H and O–H groups in total. The van der Waals surface area contributed by atoms with Gasteiger partial charge in [0, 0.05) is 175 Å². The summed E-state index contributed by atoms with van der Waals surface area (Å²) in [7, 11) is 0. The van der Waals surface area contributed by atoms with Gasteiger partial charge in [0.05, 0.1) is 68.2 Å². The summed E-state index contributed by atoms with van der Waals surface area (Å²) < 4.78 is 0. The first-order valence-corrected chi connectivity index (χ1v) is 32.2. The van der Waals surface area contributed by atoms with Crippen molar-refractivity contribution in [2.75, 3.05) is 19.6 Å². The summed E-state index contributed by atoms with van der Waals surface area (Å²) in [6.45, 7) is 0. The average Bonchev–Trinajstić information content (AvgIpc) is 0.695. The molecular formula is C80H46N20. The topological polar surface area (TPSA) is 219 Å².